The van der Waals surface area contributed by atoms with Crippen molar-refractivity contribution in [2.75, 3.05) is 31.0 Å². The van der Waals surface area contributed by atoms with Crippen molar-refractivity contribution in [2.24, 2.45) is 16.7 Å². The van der Waals surface area contributed by atoms with E-state index in [1.165, 1.54) is 30.4 Å². The average molecular weight is 779 g/mol. The van der Waals surface area contributed by atoms with Crippen LogP contribution in [0, 0.1) is 16.7 Å². The molecule has 2 saturated carbocycles. The summed E-state index contributed by atoms with van der Waals surface area (Å²) in [5.74, 6) is -2.13. The van der Waals surface area contributed by atoms with E-state index >= 15 is 4.79 Å². The van der Waals surface area contributed by atoms with Crippen LogP contribution in [0.1, 0.15) is 78.6 Å². The molecule has 290 valence electrons. The molecule has 1 saturated heterocycles. The first-order valence-corrected chi connectivity index (χ1v) is 23.8. The van der Waals surface area contributed by atoms with Gasteiger partial charge in [-0.3, -0.25) is 9.59 Å². The van der Waals surface area contributed by atoms with Gasteiger partial charge in [0.1, 0.15) is 23.9 Å². The van der Waals surface area contributed by atoms with Crippen LogP contribution in [0.5, 0.6) is 0 Å². The number of carbonyl (C=O) groups is 3. The van der Waals surface area contributed by atoms with Gasteiger partial charge in [-0.1, -0.05) is 52.8 Å². The number of benzene rings is 1. The number of ketones is 1. The summed E-state index contributed by atoms with van der Waals surface area (Å²) in [4.78, 5) is 43.2. The molecule has 1 aliphatic heterocycles. The molecule has 2 bridgehead atoms. The monoisotopic (exact) mass is 778 g/mol. The molecule has 52 heavy (non-hydrogen) atoms. The summed E-state index contributed by atoms with van der Waals surface area (Å²) in [5, 5.41) is 13.7. The minimum atomic E-state index is -2.48. The van der Waals surface area contributed by atoms with Crippen LogP contribution >= 0.6 is 23.5 Å². The van der Waals surface area contributed by atoms with Crippen LogP contribution in [-0.2, 0) is 37.7 Å². The third-order valence-corrected chi connectivity index (χ3v) is 18.1. The molecule has 9 atom stereocenters. The van der Waals surface area contributed by atoms with E-state index in [2.05, 4.69) is 33.9 Å². The number of hydrogen-bond acceptors (Lipinski definition) is 12. The molecule has 1 heterocycles. The number of rotatable bonds is 11. The van der Waals surface area contributed by atoms with Gasteiger partial charge in [0.25, 0.3) is 0 Å². The molecule has 0 aromatic heterocycles. The van der Waals surface area contributed by atoms with E-state index < -0.39 is 78.7 Å². The normalized spacial score (nSPS) is 35.8. The third-order valence-electron chi connectivity index (χ3n) is 12.8. The lowest BCUT2D eigenvalue weighted by Crippen LogP contribution is -2.82. The van der Waals surface area contributed by atoms with Crippen LogP contribution in [0.2, 0.25) is 18.1 Å². The van der Waals surface area contributed by atoms with Crippen molar-refractivity contribution in [3.63, 3.8) is 0 Å². The van der Waals surface area contributed by atoms with Gasteiger partial charge in [0.15, 0.2) is 19.7 Å². The van der Waals surface area contributed by atoms with Gasteiger partial charge in [-0.15, -0.1) is 23.5 Å². The highest BCUT2D eigenvalue weighted by Gasteiger charge is 2.78. The lowest BCUT2D eigenvalue weighted by molar-refractivity contribution is -0.347. The molecule has 1 N–H and O–H groups in total. The molecular weight excluding hydrogens is 721 g/mol. The van der Waals surface area contributed by atoms with Crippen molar-refractivity contribution in [2.45, 2.75) is 128 Å². The van der Waals surface area contributed by atoms with Gasteiger partial charge >= 0.3 is 11.9 Å². The van der Waals surface area contributed by atoms with Crippen molar-refractivity contribution < 1.29 is 47.6 Å². The van der Waals surface area contributed by atoms with Crippen LogP contribution in [0.15, 0.2) is 41.5 Å². The summed E-state index contributed by atoms with van der Waals surface area (Å²) in [6.07, 6.45) is -0.432. The highest BCUT2D eigenvalue weighted by atomic mass is 32.2. The number of esters is 2. The third kappa shape index (κ3) is 6.66. The first kappa shape index (κ1) is 41.5. The zero-order chi connectivity index (χ0) is 38.7. The van der Waals surface area contributed by atoms with E-state index in [0.29, 0.717) is 5.57 Å². The molecule has 4 aliphatic rings. The number of carbonyl (C=O) groups excluding carboxylic acids is 3. The number of Topliss-reactive ketones (excluding diaryl/α,β-unsaturated/α-hetero) is 1. The van der Waals surface area contributed by atoms with Crippen molar-refractivity contribution >= 4 is 49.6 Å². The molecule has 5 rings (SSSR count). The molecule has 1 aromatic rings. The van der Waals surface area contributed by atoms with Crippen LogP contribution in [0.3, 0.4) is 0 Å². The number of ether oxygens (including phenoxy) is 5. The van der Waals surface area contributed by atoms with Crippen molar-refractivity contribution in [3.05, 3.63) is 47.0 Å². The predicted octanol–water partition coefficient (Wildman–Crippen LogP) is 6.80. The van der Waals surface area contributed by atoms with Gasteiger partial charge in [-0.25, -0.2) is 4.79 Å². The van der Waals surface area contributed by atoms with Crippen LogP contribution in [0.25, 0.3) is 0 Å². The highest BCUT2D eigenvalue weighted by molar-refractivity contribution is 7.98. The fourth-order valence-electron chi connectivity index (χ4n) is 8.94. The standard InChI is InChI=1S/C39H58O10S2Si/c1-23-26(49-52(11,12)35(3,4)5)19-39(43)33(47-34(42)25-16-14-13-15-17-25)31-37(8,32(41)30(46-22-51-10)29(23)36(39,6)7)27(45-21-50-9)18-28-38(31,20-44-28)48-24(2)40/h13-17,26-28,30-31,33,43H,18-22H2,1-12H3/t26-,27-,28+,30+,31-,33-,37+,38-,39+/m0/s1. The second-order valence-corrected chi connectivity index (χ2v) is 23.5. The molecule has 1 aromatic carbocycles. The Hall–Kier alpha value is -1.71. The number of hydrogen-bond donors (Lipinski definition) is 1. The van der Waals surface area contributed by atoms with E-state index in [4.69, 9.17) is 28.1 Å². The Balaban J connectivity index is 1.87. The van der Waals surface area contributed by atoms with Crippen molar-refractivity contribution in [3.8, 4) is 0 Å². The summed E-state index contributed by atoms with van der Waals surface area (Å²) in [6, 6.07) is 8.59. The summed E-state index contributed by atoms with van der Waals surface area (Å²) in [5.41, 5.74) is -4.24. The minimum absolute atomic E-state index is 0.0438. The van der Waals surface area contributed by atoms with E-state index in [-0.39, 0.29) is 47.7 Å². The Bertz CT molecular complexity index is 1560. The van der Waals surface area contributed by atoms with E-state index in [9.17, 15) is 14.7 Å². The molecule has 0 radical (unpaired) electrons. The molecular formula is C39H58O10S2Si. The molecule has 0 amide bonds. The van der Waals surface area contributed by atoms with E-state index in [1.54, 1.807) is 37.3 Å². The second-order valence-electron chi connectivity index (χ2n) is 17.1. The maximum atomic E-state index is 15.8. The molecule has 10 nitrogen and oxygen atoms in total. The van der Waals surface area contributed by atoms with Crippen LogP contribution in [0.4, 0.5) is 0 Å². The fraction of sp³-hybridized carbons (Fsp3) is 0.718. The average Bonchev–Trinajstić information content (AvgIpc) is 3.05. The van der Waals surface area contributed by atoms with Crippen molar-refractivity contribution in [1.29, 1.82) is 0 Å². The van der Waals surface area contributed by atoms with E-state index in [0.717, 1.165) is 5.57 Å². The lowest BCUT2D eigenvalue weighted by Gasteiger charge is -2.68. The van der Waals surface area contributed by atoms with E-state index in [1.807, 2.05) is 33.3 Å². The van der Waals surface area contributed by atoms with Gasteiger partial charge in [0, 0.05) is 25.2 Å². The number of aliphatic hydroxyl groups is 1. The maximum Gasteiger partial charge on any atom is 0.338 e. The topological polar surface area (TPSA) is 127 Å². The van der Waals surface area contributed by atoms with Crippen molar-refractivity contribution in [1.82, 2.24) is 0 Å². The Morgan fingerprint density at radius 2 is 1.65 bits per heavy atom. The Labute approximate surface area is 318 Å². The van der Waals surface area contributed by atoms with Crippen LogP contribution < -0.4 is 0 Å². The second kappa shape index (κ2) is 14.7. The SMILES string of the molecule is CSCO[C@H]1C(=O)[C@]2(C)[C@@H](OCSC)C[C@H]3OC[C@@]3(OC(C)=O)[C@H]2[C@H](OC(=O)c2ccccc2)[C@]2(O)C[C@H](O[Si](C)(C)C(C)(C)C)C(C)=C1C2(C)C. The van der Waals surface area contributed by atoms with Gasteiger partial charge in [-0.2, -0.15) is 0 Å². The predicted molar refractivity (Wildman–Crippen MR) is 206 cm³/mol. The zero-order valence-corrected chi connectivity index (χ0v) is 35.5. The van der Waals surface area contributed by atoms with Gasteiger partial charge in [0.05, 0.1) is 47.6 Å². The lowest BCUT2D eigenvalue weighted by atomic mass is 9.44. The minimum Gasteiger partial charge on any atom is -0.455 e. The first-order chi connectivity index (χ1) is 24.1. The summed E-state index contributed by atoms with van der Waals surface area (Å²) < 4.78 is 39.4. The molecule has 0 spiro atoms. The Morgan fingerprint density at radius 1 is 1.04 bits per heavy atom. The number of fused-ring (bicyclic) bond motifs is 5. The molecule has 3 aliphatic carbocycles. The summed E-state index contributed by atoms with van der Waals surface area (Å²) in [6.45, 7) is 19.6. The maximum absolute atomic E-state index is 15.8. The number of thioether (sulfide) groups is 2. The zero-order valence-electron chi connectivity index (χ0n) is 32.8. The van der Waals surface area contributed by atoms with Gasteiger partial charge in [-0.05, 0) is 67.8 Å². The summed E-state index contributed by atoms with van der Waals surface area (Å²) in [7, 11) is -2.48. The molecule has 3 fully saturated rings. The first-order valence-electron chi connectivity index (χ1n) is 18.1. The smallest absolute Gasteiger partial charge is 0.338 e. The highest BCUT2D eigenvalue weighted by Crippen LogP contribution is 2.65. The molecule has 13 heteroatoms. The fourth-order valence-corrected chi connectivity index (χ4v) is 10.8. The van der Waals surface area contributed by atoms with Crippen LogP contribution in [-0.4, -0.2) is 104 Å². The molecule has 0 unspecified atom stereocenters. The Morgan fingerprint density at radius 3 is 2.19 bits per heavy atom. The largest absolute Gasteiger partial charge is 0.455 e. The summed E-state index contributed by atoms with van der Waals surface area (Å²) >= 11 is 2.92. The Kier molecular flexibility index (Phi) is 11.8. The van der Waals surface area contributed by atoms with Gasteiger partial charge < -0.3 is 33.2 Å². The van der Waals surface area contributed by atoms with Gasteiger partial charge in [0.2, 0.25) is 0 Å². The quantitative estimate of drug-likeness (QED) is 0.110.